The Morgan fingerprint density at radius 1 is 1.24 bits per heavy atom. The van der Waals surface area contributed by atoms with E-state index < -0.39 is 0 Å². The van der Waals surface area contributed by atoms with E-state index in [9.17, 15) is 14.7 Å². The van der Waals surface area contributed by atoms with Crippen molar-refractivity contribution in [3.63, 3.8) is 0 Å². The molecule has 0 spiro atoms. The van der Waals surface area contributed by atoms with Crippen LogP contribution in [-0.2, 0) is 20.9 Å². The molecule has 0 unspecified atom stereocenters. The zero-order valence-electron chi connectivity index (χ0n) is 14.3. The van der Waals surface area contributed by atoms with Crippen LogP contribution < -0.4 is 0 Å². The molecule has 1 aromatic rings. The van der Waals surface area contributed by atoms with Gasteiger partial charge in [-0.2, -0.15) is 0 Å². The summed E-state index contributed by atoms with van der Waals surface area (Å²) in [6, 6.07) is 3.14. The molecule has 0 atom stereocenters. The predicted molar refractivity (Wildman–Crippen MR) is 98.1 cm³/mol. The van der Waals surface area contributed by atoms with Gasteiger partial charge in [-0.1, -0.05) is 23.2 Å². The number of methoxy groups -OCH3 is 1. The number of hydrogen-bond donors (Lipinski definition) is 1. The second-order valence-corrected chi connectivity index (χ2v) is 6.83. The summed E-state index contributed by atoms with van der Waals surface area (Å²) in [4.78, 5) is 26.1. The van der Waals surface area contributed by atoms with Crippen LogP contribution in [0.15, 0.2) is 17.7 Å². The third kappa shape index (κ3) is 4.61. The van der Waals surface area contributed by atoms with Gasteiger partial charge in [0.15, 0.2) is 11.6 Å². The average molecular weight is 386 g/mol. The van der Waals surface area contributed by atoms with Crippen molar-refractivity contribution in [2.75, 3.05) is 27.3 Å². The number of nitrogens with zero attached hydrogens (tertiary/aromatic N) is 1. The largest absolute Gasteiger partial charge is 0.506 e. The van der Waals surface area contributed by atoms with E-state index in [1.165, 1.54) is 6.07 Å². The molecular formula is C18H21Cl2NO4. The van der Waals surface area contributed by atoms with Crippen LogP contribution in [0.4, 0.5) is 0 Å². The second kappa shape index (κ2) is 8.81. The van der Waals surface area contributed by atoms with Gasteiger partial charge < -0.3 is 9.84 Å². The molecule has 2 rings (SSSR count). The fourth-order valence-corrected chi connectivity index (χ4v) is 3.32. The topological polar surface area (TPSA) is 66.8 Å². The van der Waals surface area contributed by atoms with Gasteiger partial charge in [0, 0.05) is 49.2 Å². The fourth-order valence-electron chi connectivity index (χ4n) is 2.74. The summed E-state index contributed by atoms with van der Waals surface area (Å²) in [6.45, 7) is 1.68. The first-order chi connectivity index (χ1) is 11.9. The van der Waals surface area contributed by atoms with Crippen LogP contribution in [-0.4, -0.2) is 48.9 Å². The summed E-state index contributed by atoms with van der Waals surface area (Å²) in [5, 5.41) is 11.2. The number of hydrogen-bond acceptors (Lipinski definition) is 5. The molecule has 0 radical (unpaired) electrons. The number of benzene rings is 1. The Balaban J connectivity index is 2.41. The van der Waals surface area contributed by atoms with Crippen LogP contribution in [0.1, 0.15) is 30.4 Å². The lowest BCUT2D eigenvalue weighted by atomic mass is 9.89. The Hall–Kier alpha value is -1.40. The van der Waals surface area contributed by atoms with E-state index in [0.717, 1.165) is 0 Å². The minimum Gasteiger partial charge on any atom is -0.506 e. The third-order valence-electron chi connectivity index (χ3n) is 4.15. The van der Waals surface area contributed by atoms with E-state index in [1.807, 2.05) is 11.9 Å². The van der Waals surface area contributed by atoms with Crippen LogP contribution in [0.25, 0.3) is 5.76 Å². The average Bonchev–Trinajstić information content (AvgIpc) is 2.56. The van der Waals surface area contributed by atoms with Gasteiger partial charge >= 0.3 is 0 Å². The highest BCUT2D eigenvalue weighted by molar-refractivity contribution is 6.37. The molecule has 7 heteroatoms. The van der Waals surface area contributed by atoms with Crippen molar-refractivity contribution >= 4 is 40.5 Å². The standard InChI is InChI=1S/C18H21Cl2NO4/c1-21(8-9-25-2)10-12-13(19)7-6-11(17(12)20)18(24)16-14(22)4-3-5-15(16)23/h6-7,24H,3-5,8-10H2,1-2H3. The lowest BCUT2D eigenvalue weighted by molar-refractivity contribution is -0.123. The number of halogens is 2. The number of carbonyl (C=O) groups is 2. The highest BCUT2D eigenvalue weighted by Crippen LogP contribution is 2.34. The quantitative estimate of drug-likeness (QED) is 0.459. The first-order valence-corrected chi connectivity index (χ1v) is 8.76. The van der Waals surface area contributed by atoms with Crippen molar-refractivity contribution < 1.29 is 19.4 Å². The zero-order chi connectivity index (χ0) is 18.6. The molecule has 0 saturated heterocycles. The highest BCUT2D eigenvalue weighted by atomic mass is 35.5. The SMILES string of the molecule is COCCN(C)Cc1c(Cl)ccc(C(O)=C2C(=O)CCCC2=O)c1Cl. The second-order valence-electron chi connectivity index (χ2n) is 6.04. The molecule has 1 aromatic carbocycles. The fraction of sp³-hybridized carbons (Fsp3) is 0.444. The smallest absolute Gasteiger partial charge is 0.170 e. The maximum Gasteiger partial charge on any atom is 0.170 e. The van der Waals surface area contributed by atoms with E-state index in [4.69, 9.17) is 27.9 Å². The maximum absolute atomic E-state index is 12.0. The van der Waals surface area contributed by atoms with Crippen molar-refractivity contribution in [3.05, 3.63) is 38.9 Å². The first-order valence-electron chi connectivity index (χ1n) is 8.01. The maximum atomic E-state index is 12.0. The Morgan fingerprint density at radius 3 is 2.48 bits per heavy atom. The number of likely N-dealkylation sites (N-methyl/N-ethyl adjacent to an activating group) is 1. The molecule has 136 valence electrons. The van der Waals surface area contributed by atoms with Gasteiger partial charge in [-0.05, 0) is 25.6 Å². The number of aliphatic hydroxyl groups is 1. The molecule has 0 aliphatic heterocycles. The molecule has 1 aliphatic carbocycles. The highest BCUT2D eigenvalue weighted by Gasteiger charge is 2.29. The van der Waals surface area contributed by atoms with E-state index >= 15 is 0 Å². The predicted octanol–water partition coefficient (Wildman–Crippen LogP) is 3.66. The molecule has 0 bridgehead atoms. The molecular weight excluding hydrogens is 365 g/mol. The van der Waals surface area contributed by atoms with Crippen molar-refractivity contribution in [1.29, 1.82) is 0 Å². The van der Waals surface area contributed by atoms with Crippen molar-refractivity contribution in [1.82, 2.24) is 4.90 Å². The zero-order valence-corrected chi connectivity index (χ0v) is 15.8. The number of Topliss-reactive ketones (excluding diaryl/α,β-unsaturated/α-hetero) is 2. The molecule has 1 aliphatic rings. The number of ketones is 2. The van der Waals surface area contributed by atoms with Gasteiger partial charge in [0.25, 0.3) is 0 Å². The lowest BCUT2D eigenvalue weighted by Crippen LogP contribution is -2.23. The molecule has 0 amide bonds. The Morgan fingerprint density at radius 2 is 1.88 bits per heavy atom. The summed E-state index contributed by atoms with van der Waals surface area (Å²) in [6.07, 6.45) is 1.02. The Kier molecular flexibility index (Phi) is 7.02. The summed E-state index contributed by atoms with van der Waals surface area (Å²) < 4.78 is 5.05. The number of rotatable bonds is 6. The molecule has 5 nitrogen and oxygen atoms in total. The summed E-state index contributed by atoms with van der Waals surface area (Å²) in [5.74, 6) is -1.06. The monoisotopic (exact) mass is 385 g/mol. The van der Waals surface area contributed by atoms with Gasteiger partial charge in [0.05, 0.1) is 11.6 Å². The van der Waals surface area contributed by atoms with Gasteiger partial charge in [-0.15, -0.1) is 0 Å². The number of aliphatic hydroxyl groups excluding tert-OH is 1. The minimum atomic E-state index is -0.364. The van der Waals surface area contributed by atoms with E-state index in [1.54, 1.807) is 13.2 Å². The van der Waals surface area contributed by atoms with Gasteiger partial charge in [0.2, 0.25) is 0 Å². The minimum absolute atomic E-state index is 0.158. The molecule has 25 heavy (non-hydrogen) atoms. The van der Waals surface area contributed by atoms with Gasteiger partial charge in [-0.25, -0.2) is 0 Å². The van der Waals surface area contributed by atoms with Gasteiger partial charge in [-0.3, -0.25) is 14.5 Å². The molecule has 1 N–H and O–H groups in total. The Bertz CT molecular complexity index is 697. The van der Waals surface area contributed by atoms with Crippen molar-refractivity contribution in [3.8, 4) is 0 Å². The van der Waals surface area contributed by atoms with E-state index in [0.29, 0.717) is 36.7 Å². The normalized spacial score (nSPS) is 15.2. The summed E-state index contributed by atoms with van der Waals surface area (Å²) in [5.41, 5.74) is 0.719. The summed E-state index contributed by atoms with van der Waals surface area (Å²) in [7, 11) is 3.52. The lowest BCUT2D eigenvalue weighted by Gasteiger charge is -2.20. The van der Waals surface area contributed by atoms with Crippen LogP contribution in [0.5, 0.6) is 0 Å². The van der Waals surface area contributed by atoms with Crippen LogP contribution in [0.2, 0.25) is 10.0 Å². The van der Waals surface area contributed by atoms with E-state index in [-0.39, 0.29) is 46.3 Å². The molecule has 0 heterocycles. The molecule has 1 fully saturated rings. The number of allylic oxidation sites excluding steroid dienone is 1. The van der Waals surface area contributed by atoms with E-state index in [2.05, 4.69) is 0 Å². The molecule has 1 saturated carbocycles. The van der Waals surface area contributed by atoms with Gasteiger partial charge in [0.1, 0.15) is 11.3 Å². The van der Waals surface area contributed by atoms with Crippen molar-refractivity contribution in [2.24, 2.45) is 0 Å². The Labute approximate surface area is 157 Å². The van der Waals surface area contributed by atoms with Crippen LogP contribution in [0.3, 0.4) is 0 Å². The van der Waals surface area contributed by atoms with Crippen LogP contribution in [0, 0.1) is 0 Å². The first kappa shape index (κ1) is 19.9. The van der Waals surface area contributed by atoms with Crippen LogP contribution >= 0.6 is 23.2 Å². The number of ether oxygens (including phenoxy) is 1. The number of carbonyl (C=O) groups excluding carboxylic acids is 2. The third-order valence-corrected chi connectivity index (χ3v) is 4.93. The van der Waals surface area contributed by atoms with Crippen molar-refractivity contribution in [2.45, 2.75) is 25.8 Å². The molecule has 0 aromatic heterocycles. The summed E-state index contributed by atoms with van der Waals surface area (Å²) >= 11 is 12.7.